The Morgan fingerprint density at radius 3 is 2.79 bits per heavy atom. The number of amides is 1. The maximum Gasteiger partial charge on any atom is 0.239 e. The Bertz CT molecular complexity index is 214. The molecular formula is C10H20N2O2. The zero-order chi connectivity index (χ0) is 10.8. The fourth-order valence-electron chi connectivity index (χ4n) is 1.66. The number of carbonyl (C=O) groups excluding carboxylic acids is 1. The summed E-state index contributed by atoms with van der Waals surface area (Å²) in [6.45, 7) is 7.83. The highest BCUT2D eigenvalue weighted by atomic mass is 16.5. The largest absolute Gasteiger partial charge is 0.374 e. The maximum atomic E-state index is 11.7. The van der Waals surface area contributed by atoms with Gasteiger partial charge in [-0.25, -0.2) is 0 Å². The molecule has 1 atom stereocenters. The highest BCUT2D eigenvalue weighted by Gasteiger charge is 2.29. The van der Waals surface area contributed by atoms with Crippen LogP contribution in [0.15, 0.2) is 0 Å². The van der Waals surface area contributed by atoms with Gasteiger partial charge in [0, 0.05) is 19.7 Å². The van der Waals surface area contributed by atoms with Gasteiger partial charge in [0.2, 0.25) is 5.91 Å². The Morgan fingerprint density at radius 2 is 2.21 bits per heavy atom. The third-order valence-corrected chi connectivity index (χ3v) is 2.34. The van der Waals surface area contributed by atoms with Crippen LogP contribution in [0, 0.1) is 0 Å². The predicted octanol–water partition coefficient (Wildman–Crippen LogP) is 0.361. The zero-order valence-electron chi connectivity index (χ0n) is 9.25. The molecule has 1 aliphatic rings. The van der Waals surface area contributed by atoms with Crippen molar-refractivity contribution in [2.45, 2.75) is 38.8 Å². The number of hydrogen-bond acceptors (Lipinski definition) is 3. The van der Waals surface area contributed by atoms with Crippen LogP contribution in [0.5, 0.6) is 0 Å². The van der Waals surface area contributed by atoms with Gasteiger partial charge in [-0.05, 0) is 27.2 Å². The van der Waals surface area contributed by atoms with E-state index in [-0.39, 0.29) is 11.5 Å². The van der Waals surface area contributed by atoms with Crippen molar-refractivity contribution in [1.29, 1.82) is 0 Å². The quantitative estimate of drug-likeness (QED) is 0.665. The van der Waals surface area contributed by atoms with Crippen molar-refractivity contribution in [2.75, 3.05) is 19.7 Å². The first-order valence-electron chi connectivity index (χ1n) is 5.11. The molecular weight excluding hydrogens is 180 g/mol. The molecule has 0 saturated carbocycles. The van der Waals surface area contributed by atoms with Crippen LogP contribution in [0.4, 0.5) is 0 Å². The molecule has 0 aromatic rings. The maximum absolute atomic E-state index is 11.7. The lowest BCUT2D eigenvalue weighted by Crippen LogP contribution is -2.47. The van der Waals surface area contributed by atoms with Crippen molar-refractivity contribution in [3.05, 3.63) is 0 Å². The Kier molecular flexibility index (Phi) is 3.50. The van der Waals surface area contributed by atoms with Crippen molar-refractivity contribution < 1.29 is 9.53 Å². The van der Waals surface area contributed by atoms with Crippen LogP contribution in [-0.4, -0.2) is 42.1 Å². The van der Waals surface area contributed by atoms with Crippen molar-refractivity contribution in [3.8, 4) is 0 Å². The van der Waals surface area contributed by atoms with Gasteiger partial charge in [0.15, 0.2) is 0 Å². The topological polar surface area (TPSA) is 55.6 Å². The number of nitrogens with zero attached hydrogens (tertiary/aromatic N) is 1. The van der Waals surface area contributed by atoms with Crippen LogP contribution in [0.25, 0.3) is 0 Å². The number of carbonyl (C=O) groups is 1. The van der Waals surface area contributed by atoms with Gasteiger partial charge in [0.25, 0.3) is 0 Å². The van der Waals surface area contributed by atoms with Gasteiger partial charge in [-0.15, -0.1) is 0 Å². The van der Waals surface area contributed by atoms with E-state index in [0.717, 1.165) is 19.6 Å². The van der Waals surface area contributed by atoms with Crippen molar-refractivity contribution >= 4 is 5.91 Å². The number of nitrogens with two attached hydrogens (primary N) is 1. The minimum Gasteiger partial charge on any atom is -0.374 e. The summed E-state index contributed by atoms with van der Waals surface area (Å²) in [5, 5.41) is 0. The average molecular weight is 200 g/mol. The standard InChI is InChI=1S/C10H20N2O2/c1-8(11)9(13)12-5-4-6-14-10(2,3)7-12/h8H,4-7,11H2,1-3H3/t8-/m0/s1. The van der Waals surface area contributed by atoms with Gasteiger partial charge in [-0.3, -0.25) is 4.79 Å². The van der Waals surface area contributed by atoms with E-state index < -0.39 is 6.04 Å². The third kappa shape index (κ3) is 2.96. The molecule has 0 spiro atoms. The smallest absolute Gasteiger partial charge is 0.239 e. The number of rotatable bonds is 1. The molecule has 0 aromatic carbocycles. The molecule has 1 amide bonds. The summed E-state index contributed by atoms with van der Waals surface area (Å²) in [6.07, 6.45) is 0.891. The van der Waals surface area contributed by atoms with Crippen molar-refractivity contribution in [1.82, 2.24) is 4.90 Å². The lowest BCUT2D eigenvalue weighted by atomic mass is 10.1. The fraction of sp³-hybridized carbons (Fsp3) is 0.900. The minimum atomic E-state index is -0.413. The van der Waals surface area contributed by atoms with Crippen molar-refractivity contribution in [3.63, 3.8) is 0 Å². The van der Waals surface area contributed by atoms with Gasteiger partial charge < -0.3 is 15.4 Å². The fourth-order valence-corrected chi connectivity index (χ4v) is 1.66. The first kappa shape index (κ1) is 11.5. The Labute approximate surface area is 85.4 Å². The van der Waals surface area contributed by atoms with Crippen LogP contribution in [0.3, 0.4) is 0 Å². The second-order valence-corrected chi connectivity index (χ2v) is 4.51. The molecule has 1 saturated heterocycles. The highest BCUT2D eigenvalue weighted by Crippen LogP contribution is 2.16. The molecule has 1 fully saturated rings. The van der Waals surface area contributed by atoms with E-state index in [2.05, 4.69) is 0 Å². The Balaban J connectivity index is 2.64. The number of hydrogen-bond donors (Lipinski definition) is 1. The normalized spacial score (nSPS) is 24.1. The molecule has 1 heterocycles. The SMILES string of the molecule is C[C@H](N)C(=O)N1CCCOC(C)(C)C1. The van der Waals surface area contributed by atoms with E-state index in [1.54, 1.807) is 11.8 Å². The monoisotopic (exact) mass is 200 g/mol. The van der Waals surface area contributed by atoms with Gasteiger partial charge in [0.1, 0.15) is 0 Å². The van der Waals surface area contributed by atoms with Gasteiger partial charge >= 0.3 is 0 Å². The summed E-state index contributed by atoms with van der Waals surface area (Å²) in [7, 11) is 0. The number of ether oxygens (including phenoxy) is 1. The van der Waals surface area contributed by atoms with Crippen LogP contribution in [0.1, 0.15) is 27.2 Å². The molecule has 2 N–H and O–H groups in total. The molecule has 1 aliphatic heterocycles. The molecule has 4 heteroatoms. The van der Waals surface area contributed by atoms with E-state index in [0.29, 0.717) is 6.54 Å². The summed E-state index contributed by atoms with van der Waals surface area (Å²) >= 11 is 0. The van der Waals surface area contributed by atoms with Crippen LogP contribution < -0.4 is 5.73 Å². The molecule has 0 bridgehead atoms. The predicted molar refractivity (Wildman–Crippen MR) is 54.9 cm³/mol. The van der Waals surface area contributed by atoms with Crippen molar-refractivity contribution in [2.24, 2.45) is 5.73 Å². The molecule has 14 heavy (non-hydrogen) atoms. The molecule has 0 aliphatic carbocycles. The summed E-state index contributed by atoms with van der Waals surface area (Å²) in [6, 6.07) is -0.413. The average Bonchev–Trinajstić information content (AvgIpc) is 2.24. The van der Waals surface area contributed by atoms with E-state index >= 15 is 0 Å². The molecule has 0 unspecified atom stereocenters. The van der Waals surface area contributed by atoms with E-state index in [1.807, 2.05) is 13.8 Å². The summed E-state index contributed by atoms with van der Waals surface area (Å²) in [4.78, 5) is 13.5. The van der Waals surface area contributed by atoms with Gasteiger partial charge in [-0.1, -0.05) is 0 Å². The van der Waals surface area contributed by atoms with Crippen LogP contribution in [-0.2, 0) is 9.53 Å². The third-order valence-electron chi connectivity index (χ3n) is 2.34. The van der Waals surface area contributed by atoms with Crippen LogP contribution >= 0.6 is 0 Å². The summed E-state index contributed by atoms with van der Waals surface area (Å²) in [5.74, 6) is 0.0172. The van der Waals surface area contributed by atoms with E-state index in [4.69, 9.17) is 10.5 Å². The zero-order valence-corrected chi connectivity index (χ0v) is 9.25. The lowest BCUT2D eigenvalue weighted by Gasteiger charge is -2.30. The van der Waals surface area contributed by atoms with Gasteiger partial charge in [-0.2, -0.15) is 0 Å². The second kappa shape index (κ2) is 4.28. The van der Waals surface area contributed by atoms with E-state index in [9.17, 15) is 4.79 Å². The highest BCUT2D eigenvalue weighted by molar-refractivity contribution is 5.81. The molecule has 82 valence electrons. The van der Waals surface area contributed by atoms with Gasteiger partial charge in [0.05, 0.1) is 11.6 Å². The lowest BCUT2D eigenvalue weighted by molar-refractivity contribution is -0.134. The molecule has 0 aromatic heterocycles. The first-order valence-corrected chi connectivity index (χ1v) is 5.11. The molecule has 0 radical (unpaired) electrons. The molecule has 1 rings (SSSR count). The first-order chi connectivity index (χ1) is 6.42. The Hall–Kier alpha value is -0.610. The molecule has 4 nitrogen and oxygen atoms in total. The minimum absolute atomic E-state index is 0.0172. The van der Waals surface area contributed by atoms with Crippen LogP contribution in [0.2, 0.25) is 0 Å². The van der Waals surface area contributed by atoms with E-state index in [1.165, 1.54) is 0 Å². The summed E-state index contributed by atoms with van der Waals surface area (Å²) < 4.78 is 5.62. The summed E-state index contributed by atoms with van der Waals surface area (Å²) in [5.41, 5.74) is 5.33. The second-order valence-electron chi connectivity index (χ2n) is 4.51. The Morgan fingerprint density at radius 1 is 1.57 bits per heavy atom.